The van der Waals surface area contributed by atoms with Gasteiger partial charge in [-0.1, -0.05) is 46.6 Å². The lowest BCUT2D eigenvalue weighted by Gasteiger charge is -2.07. The molecule has 33 heavy (non-hydrogen) atoms. The average molecular weight is 531 g/mol. The second-order valence-corrected chi connectivity index (χ2v) is 8.45. The number of hydrogen-bond acceptors (Lipinski definition) is 5. The number of nitrogens with zero attached hydrogens (tertiary/aromatic N) is 2. The summed E-state index contributed by atoms with van der Waals surface area (Å²) < 4.78 is 19.4. The first-order valence-electron chi connectivity index (χ1n) is 10.2. The third kappa shape index (κ3) is 6.18. The van der Waals surface area contributed by atoms with Crippen LogP contribution in [0.5, 0.6) is 11.5 Å². The highest BCUT2D eigenvalue weighted by Crippen LogP contribution is 2.28. The van der Waals surface area contributed by atoms with Crippen LogP contribution in [0.2, 0.25) is 5.02 Å². The van der Waals surface area contributed by atoms with Crippen LogP contribution >= 0.6 is 27.5 Å². The van der Waals surface area contributed by atoms with Gasteiger partial charge in [-0.3, -0.25) is 4.79 Å². The summed E-state index contributed by atoms with van der Waals surface area (Å²) in [5.41, 5.74) is 1.77. The summed E-state index contributed by atoms with van der Waals surface area (Å²) in [7, 11) is 0. The van der Waals surface area contributed by atoms with Crippen molar-refractivity contribution in [1.82, 2.24) is 9.78 Å². The first-order chi connectivity index (χ1) is 16.0. The van der Waals surface area contributed by atoms with Crippen molar-refractivity contribution in [3.63, 3.8) is 0 Å². The lowest BCUT2D eigenvalue weighted by molar-refractivity contribution is 0.0992. The Morgan fingerprint density at radius 1 is 1.15 bits per heavy atom. The van der Waals surface area contributed by atoms with E-state index in [4.69, 9.17) is 25.5 Å². The Morgan fingerprint density at radius 3 is 2.73 bits per heavy atom. The number of halogens is 2. The molecule has 0 fully saturated rings. The first kappa shape index (κ1) is 22.9. The van der Waals surface area contributed by atoms with E-state index >= 15 is 0 Å². The standard InChI is InChI=1S/C24H21BrClN3O4/c1-2-16-3-6-19(7-4-16)32-15-29-13-18(12-27-29)28-24(30)23-10-8-20(33-23)14-31-22-9-5-17(25)11-21(22)26/h3-13H,2,14-15H2,1H3,(H,28,30). The highest BCUT2D eigenvalue weighted by Gasteiger charge is 2.13. The number of anilines is 1. The Labute approximate surface area is 204 Å². The van der Waals surface area contributed by atoms with Crippen molar-refractivity contribution in [2.75, 3.05) is 5.32 Å². The number of amides is 1. The zero-order valence-electron chi connectivity index (χ0n) is 17.8. The molecule has 170 valence electrons. The van der Waals surface area contributed by atoms with Gasteiger partial charge < -0.3 is 19.2 Å². The topological polar surface area (TPSA) is 78.5 Å². The van der Waals surface area contributed by atoms with Gasteiger partial charge in [-0.25, -0.2) is 4.68 Å². The van der Waals surface area contributed by atoms with Crippen LogP contribution in [0, 0.1) is 0 Å². The van der Waals surface area contributed by atoms with E-state index in [2.05, 4.69) is 33.3 Å². The predicted octanol–water partition coefficient (Wildman–Crippen LogP) is 6.32. The van der Waals surface area contributed by atoms with Gasteiger partial charge in [0.05, 0.1) is 23.1 Å². The molecule has 7 nitrogen and oxygen atoms in total. The van der Waals surface area contributed by atoms with Gasteiger partial charge in [-0.15, -0.1) is 0 Å². The van der Waals surface area contributed by atoms with Crippen molar-refractivity contribution >= 4 is 39.1 Å². The number of ether oxygens (including phenoxy) is 2. The summed E-state index contributed by atoms with van der Waals surface area (Å²) in [5.74, 6) is 1.55. The molecule has 0 aliphatic carbocycles. The second-order valence-electron chi connectivity index (χ2n) is 7.12. The zero-order valence-corrected chi connectivity index (χ0v) is 20.1. The monoisotopic (exact) mass is 529 g/mol. The summed E-state index contributed by atoms with van der Waals surface area (Å²) in [6.45, 7) is 2.47. The smallest absolute Gasteiger partial charge is 0.291 e. The van der Waals surface area contributed by atoms with Gasteiger partial charge in [-0.05, 0) is 54.4 Å². The number of furan rings is 1. The van der Waals surface area contributed by atoms with Gasteiger partial charge in [0.2, 0.25) is 0 Å². The predicted molar refractivity (Wildman–Crippen MR) is 129 cm³/mol. The van der Waals surface area contributed by atoms with E-state index in [0.29, 0.717) is 22.2 Å². The molecule has 2 aromatic carbocycles. The number of carbonyl (C=O) groups excluding carboxylic acids is 1. The van der Waals surface area contributed by atoms with E-state index in [1.165, 1.54) is 5.56 Å². The molecule has 0 aliphatic heterocycles. The molecule has 9 heteroatoms. The number of aryl methyl sites for hydroxylation is 1. The fraction of sp³-hybridized carbons (Fsp3) is 0.167. The van der Waals surface area contributed by atoms with Crippen LogP contribution in [0.4, 0.5) is 5.69 Å². The number of carbonyl (C=O) groups is 1. The van der Waals surface area contributed by atoms with Crippen LogP contribution in [-0.4, -0.2) is 15.7 Å². The lowest BCUT2D eigenvalue weighted by Crippen LogP contribution is -2.10. The fourth-order valence-corrected chi connectivity index (χ4v) is 3.70. The molecule has 0 bridgehead atoms. The Balaban J connectivity index is 1.28. The van der Waals surface area contributed by atoms with Crippen LogP contribution in [0.1, 0.15) is 28.8 Å². The largest absolute Gasteiger partial charge is 0.484 e. The van der Waals surface area contributed by atoms with Gasteiger partial charge >= 0.3 is 0 Å². The molecule has 0 unspecified atom stereocenters. The molecule has 0 aliphatic rings. The summed E-state index contributed by atoms with van der Waals surface area (Å²) in [6, 6.07) is 16.5. The third-order valence-electron chi connectivity index (χ3n) is 4.74. The zero-order chi connectivity index (χ0) is 23.2. The Hall–Kier alpha value is -3.23. The summed E-state index contributed by atoms with van der Waals surface area (Å²) in [4.78, 5) is 12.5. The van der Waals surface area contributed by atoms with Gasteiger partial charge in [0.1, 0.15) is 23.9 Å². The molecule has 2 aromatic heterocycles. The number of benzene rings is 2. The summed E-state index contributed by atoms with van der Waals surface area (Å²) in [5, 5.41) is 7.44. The van der Waals surface area contributed by atoms with Crippen LogP contribution in [0.25, 0.3) is 0 Å². The van der Waals surface area contributed by atoms with Crippen molar-refractivity contribution in [2.24, 2.45) is 0 Å². The van der Waals surface area contributed by atoms with E-state index in [1.54, 1.807) is 41.3 Å². The molecule has 0 spiro atoms. The van der Waals surface area contributed by atoms with Gasteiger partial charge in [0, 0.05) is 4.47 Å². The Morgan fingerprint density at radius 2 is 1.97 bits per heavy atom. The van der Waals surface area contributed by atoms with Crippen molar-refractivity contribution in [3.05, 3.63) is 93.6 Å². The number of rotatable bonds is 9. The highest BCUT2D eigenvalue weighted by atomic mass is 79.9. The first-order valence-corrected chi connectivity index (χ1v) is 11.4. The van der Waals surface area contributed by atoms with Crippen molar-refractivity contribution in [1.29, 1.82) is 0 Å². The maximum atomic E-state index is 12.5. The molecule has 4 aromatic rings. The summed E-state index contributed by atoms with van der Waals surface area (Å²) in [6.07, 6.45) is 4.21. The van der Waals surface area contributed by atoms with Crippen LogP contribution in [0.15, 0.2) is 75.9 Å². The molecule has 0 saturated heterocycles. The average Bonchev–Trinajstić information content (AvgIpc) is 3.47. The Kier molecular flexibility index (Phi) is 7.36. The SMILES string of the molecule is CCc1ccc(OCn2cc(NC(=O)c3ccc(COc4ccc(Br)cc4Cl)o3)cn2)cc1. The molecule has 0 atom stereocenters. The van der Waals surface area contributed by atoms with E-state index in [-0.39, 0.29) is 19.1 Å². The normalized spacial score (nSPS) is 10.8. The van der Waals surface area contributed by atoms with Gasteiger partial charge in [0.25, 0.3) is 5.91 Å². The van der Waals surface area contributed by atoms with Crippen molar-refractivity contribution < 1.29 is 18.7 Å². The van der Waals surface area contributed by atoms with E-state index in [0.717, 1.165) is 16.6 Å². The minimum atomic E-state index is -0.390. The molecule has 4 rings (SSSR count). The number of aromatic nitrogens is 2. The van der Waals surface area contributed by atoms with E-state index in [1.807, 2.05) is 30.3 Å². The number of nitrogens with one attached hydrogen (secondary N) is 1. The van der Waals surface area contributed by atoms with Crippen LogP contribution < -0.4 is 14.8 Å². The van der Waals surface area contributed by atoms with E-state index in [9.17, 15) is 4.79 Å². The molecule has 0 radical (unpaired) electrons. The minimum Gasteiger partial charge on any atom is -0.484 e. The maximum absolute atomic E-state index is 12.5. The van der Waals surface area contributed by atoms with Gasteiger partial charge in [0.15, 0.2) is 12.5 Å². The second kappa shape index (κ2) is 10.6. The third-order valence-corrected chi connectivity index (χ3v) is 5.52. The summed E-state index contributed by atoms with van der Waals surface area (Å²) >= 11 is 9.49. The van der Waals surface area contributed by atoms with Crippen LogP contribution in [0.3, 0.4) is 0 Å². The minimum absolute atomic E-state index is 0.142. The van der Waals surface area contributed by atoms with Crippen LogP contribution in [-0.2, 0) is 19.8 Å². The molecule has 2 heterocycles. The molecule has 1 amide bonds. The van der Waals surface area contributed by atoms with Gasteiger partial charge in [-0.2, -0.15) is 5.10 Å². The number of hydrogen-bond donors (Lipinski definition) is 1. The molecular weight excluding hydrogens is 510 g/mol. The van der Waals surface area contributed by atoms with E-state index < -0.39 is 5.91 Å². The molecule has 0 saturated carbocycles. The Bertz CT molecular complexity index is 1240. The highest BCUT2D eigenvalue weighted by molar-refractivity contribution is 9.10. The quantitative estimate of drug-likeness (QED) is 0.274. The van der Waals surface area contributed by atoms with Crippen molar-refractivity contribution in [2.45, 2.75) is 26.7 Å². The molecular formula is C24H21BrClN3O4. The van der Waals surface area contributed by atoms with Crippen molar-refractivity contribution in [3.8, 4) is 11.5 Å². The fourth-order valence-electron chi connectivity index (χ4n) is 2.97. The lowest BCUT2D eigenvalue weighted by atomic mass is 10.2. The molecule has 1 N–H and O–H groups in total. The maximum Gasteiger partial charge on any atom is 0.291 e.